The first-order valence-corrected chi connectivity index (χ1v) is 5.93. The second-order valence-electron chi connectivity index (χ2n) is 4.09. The third kappa shape index (κ3) is 7.48. The molecule has 104 valence electrons. The topological polar surface area (TPSA) is 108 Å². The normalized spacial score (nSPS) is 13.3. The number of carboxylic acids is 1. The van der Waals surface area contributed by atoms with Gasteiger partial charge in [0.05, 0.1) is 0 Å². The number of carboxylic acid groups (broad SMARTS) is 1. The molecule has 0 aliphatic rings. The molecule has 1 unspecified atom stereocenters. The second kappa shape index (κ2) is 8.32. The van der Waals surface area contributed by atoms with Gasteiger partial charge >= 0.3 is 12.0 Å². The average Bonchev–Trinajstić information content (AvgIpc) is 2.28. The maximum atomic E-state index is 11.3. The molecule has 0 aliphatic heterocycles. The number of amides is 3. The molecule has 0 aromatic heterocycles. The highest BCUT2D eigenvalue weighted by atomic mass is 16.4. The lowest BCUT2D eigenvalue weighted by Gasteiger charge is -2.12. The molecule has 0 aromatic rings. The van der Waals surface area contributed by atoms with Crippen molar-refractivity contribution in [1.29, 1.82) is 0 Å². The summed E-state index contributed by atoms with van der Waals surface area (Å²) in [7, 11) is 0. The molecule has 3 amide bonds. The van der Waals surface area contributed by atoms with Crippen molar-refractivity contribution in [2.75, 3.05) is 6.54 Å². The number of aliphatic carboxylic acids is 1. The highest BCUT2D eigenvalue weighted by Gasteiger charge is 2.13. The molecule has 2 atom stereocenters. The molecule has 4 N–H and O–H groups in total. The number of hydrogen-bond donors (Lipinski definition) is 4. The van der Waals surface area contributed by atoms with Crippen LogP contribution in [0.3, 0.4) is 0 Å². The van der Waals surface area contributed by atoms with E-state index in [2.05, 4.69) is 16.0 Å². The van der Waals surface area contributed by atoms with E-state index >= 15 is 0 Å². The van der Waals surface area contributed by atoms with Gasteiger partial charge in [-0.05, 0) is 20.3 Å². The minimum absolute atomic E-state index is 0.110. The van der Waals surface area contributed by atoms with Crippen LogP contribution in [0.25, 0.3) is 0 Å². The summed E-state index contributed by atoms with van der Waals surface area (Å²) >= 11 is 0. The maximum absolute atomic E-state index is 11.3. The lowest BCUT2D eigenvalue weighted by molar-refractivity contribution is -0.138. The maximum Gasteiger partial charge on any atom is 0.325 e. The van der Waals surface area contributed by atoms with Gasteiger partial charge in [0.15, 0.2) is 0 Å². The zero-order valence-electron chi connectivity index (χ0n) is 10.9. The summed E-state index contributed by atoms with van der Waals surface area (Å²) in [5.74, 6) is -1.25. The van der Waals surface area contributed by atoms with E-state index in [0.717, 1.165) is 6.42 Å². The van der Waals surface area contributed by atoms with Crippen LogP contribution in [0.4, 0.5) is 4.79 Å². The van der Waals surface area contributed by atoms with Crippen molar-refractivity contribution in [3.05, 3.63) is 0 Å². The quantitative estimate of drug-likeness (QED) is 0.518. The standard InChI is InChI=1S/C11H21N3O4/c1-4-7(2)13-9(15)5-6-12-11(18)14-8(3)10(16)17/h7-8H,4-6H2,1-3H3,(H,13,15)(H,16,17)(H2,12,14,18)/t7?,8-/m0/s1. The number of rotatable bonds is 7. The van der Waals surface area contributed by atoms with Gasteiger partial charge < -0.3 is 21.1 Å². The smallest absolute Gasteiger partial charge is 0.325 e. The second-order valence-corrected chi connectivity index (χ2v) is 4.09. The fraction of sp³-hybridized carbons (Fsp3) is 0.727. The number of carbonyl (C=O) groups excluding carboxylic acids is 2. The third-order valence-electron chi connectivity index (χ3n) is 2.38. The first kappa shape index (κ1) is 16.2. The Hall–Kier alpha value is -1.79. The Morgan fingerprint density at radius 3 is 2.28 bits per heavy atom. The Morgan fingerprint density at radius 2 is 1.78 bits per heavy atom. The van der Waals surface area contributed by atoms with E-state index in [0.29, 0.717) is 0 Å². The predicted molar refractivity (Wildman–Crippen MR) is 66.1 cm³/mol. The van der Waals surface area contributed by atoms with Gasteiger partial charge in [0.25, 0.3) is 0 Å². The number of urea groups is 1. The molecule has 0 aliphatic carbocycles. The zero-order valence-corrected chi connectivity index (χ0v) is 10.9. The van der Waals surface area contributed by atoms with E-state index in [1.807, 2.05) is 13.8 Å². The van der Waals surface area contributed by atoms with Crippen molar-refractivity contribution in [3.63, 3.8) is 0 Å². The Bertz CT molecular complexity index is 307. The molecule has 0 radical (unpaired) electrons. The molecule has 7 heteroatoms. The molecule has 0 saturated heterocycles. The summed E-state index contributed by atoms with van der Waals surface area (Å²) in [5, 5.41) is 16.0. The zero-order chi connectivity index (χ0) is 14.1. The molecule has 0 saturated carbocycles. The Morgan fingerprint density at radius 1 is 1.17 bits per heavy atom. The summed E-state index contributed by atoms with van der Waals surface area (Å²) in [6, 6.07) is -1.45. The van der Waals surface area contributed by atoms with Crippen molar-refractivity contribution < 1.29 is 19.5 Å². The fourth-order valence-corrected chi connectivity index (χ4v) is 1.05. The van der Waals surface area contributed by atoms with Gasteiger partial charge in [-0.15, -0.1) is 0 Å². The van der Waals surface area contributed by atoms with Crippen LogP contribution in [0, 0.1) is 0 Å². The molecule has 7 nitrogen and oxygen atoms in total. The Labute approximate surface area is 106 Å². The highest BCUT2D eigenvalue weighted by Crippen LogP contribution is 1.89. The van der Waals surface area contributed by atoms with E-state index in [1.165, 1.54) is 6.92 Å². The van der Waals surface area contributed by atoms with Crippen LogP contribution in [0.15, 0.2) is 0 Å². The van der Waals surface area contributed by atoms with Crippen LogP contribution in [0.5, 0.6) is 0 Å². The van der Waals surface area contributed by atoms with Crippen LogP contribution in [-0.4, -0.2) is 41.6 Å². The molecule has 18 heavy (non-hydrogen) atoms. The highest BCUT2D eigenvalue weighted by molar-refractivity contribution is 5.82. The molecular weight excluding hydrogens is 238 g/mol. The summed E-state index contributed by atoms with van der Waals surface area (Å²) in [4.78, 5) is 33.0. The number of hydrogen-bond acceptors (Lipinski definition) is 3. The van der Waals surface area contributed by atoms with Gasteiger partial charge in [-0.25, -0.2) is 4.79 Å². The minimum Gasteiger partial charge on any atom is -0.480 e. The van der Waals surface area contributed by atoms with E-state index < -0.39 is 18.0 Å². The third-order valence-corrected chi connectivity index (χ3v) is 2.38. The van der Waals surface area contributed by atoms with Crippen molar-refractivity contribution in [1.82, 2.24) is 16.0 Å². The number of nitrogens with one attached hydrogen (secondary N) is 3. The molecule has 0 bridgehead atoms. The van der Waals surface area contributed by atoms with Crippen LogP contribution in [0.2, 0.25) is 0 Å². The largest absolute Gasteiger partial charge is 0.480 e. The van der Waals surface area contributed by atoms with Crippen LogP contribution in [-0.2, 0) is 9.59 Å². The number of carbonyl (C=O) groups is 3. The van der Waals surface area contributed by atoms with Gasteiger partial charge in [0.2, 0.25) is 5.91 Å². The van der Waals surface area contributed by atoms with E-state index in [4.69, 9.17) is 5.11 Å². The van der Waals surface area contributed by atoms with E-state index in [1.54, 1.807) is 0 Å². The first-order chi connectivity index (χ1) is 8.36. The van der Waals surface area contributed by atoms with Gasteiger partial charge in [0.1, 0.15) is 6.04 Å². The van der Waals surface area contributed by atoms with Crippen molar-refractivity contribution >= 4 is 17.9 Å². The van der Waals surface area contributed by atoms with Gasteiger partial charge in [-0.2, -0.15) is 0 Å². The Balaban J connectivity index is 3.74. The predicted octanol–water partition coefficient (Wildman–Crippen LogP) is 0.0635. The fourth-order valence-electron chi connectivity index (χ4n) is 1.05. The van der Waals surface area contributed by atoms with Gasteiger partial charge in [-0.3, -0.25) is 9.59 Å². The summed E-state index contributed by atoms with van der Waals surface area (Å²) in [5.41, 5.74) is 0. The molecule has 0 spiro atoms. The lowest BCUT2D eigenvalue weighted by Crippen LogP contribution is -2.45. The molecule has 0 fully saturated rings. The first-order valence-electron chi connectivity index (χ1n) is 5.93. The summed E-state index contributed by atoms with van der Waals surface area (Å²) in [6.07, 6.45) is 1.01. The monoisotopic (exact) mass is 259 g/mol. The molecule has 0 heterocycles. The van der Waals surface area contributed by atoms with E-state index in [9.17, 15) is 14.4 Å². The van der Waals surface area contributed by atoms with Crippen LogP contribution >= 0.6 is 0 Å². The molecular formula is C11H21N3O4. The van der Waals surface area contributed by atoms with Crippen molar-refractivity contribution in [3.8, 4) is 0 Å². The Kier molecular flexibility index (Phi) is 7.50. The molecule has 0 rings (SSSR count). The minimum atomic E-state index is -1.11. The van der Waals surface area contributed by atoms with Crippen molar-refractivity contribution in [2.45, 2.75) is 45.7 Å². The van der Waals surface area contributed by atoms with Crippen molar-refractivity contribution in [2.24, 2.45) is 0 Å². The van der Waals surface area contributed by atoms with Gasteiger partial charge in [0, 0.05) is 19.0 Å². The summed E-state index contributed by atoms with van der Waals surface area (Å²) < 4.78 is 0. The van der Waals surface area contributed by atoms with Gasteiger partial charge in [-0.1, -0.05) is 6.92 Å². The van der Waals surface area contributed by atoms with Crippen LogP contribution in [0.1, 0.15) is 33.6 Å². The van der Waals surface area contributed by atoms with Crippen LogP contribution < -0.4 is 16.0 Å². The lowest BCUT2D eigenvalue weighted by atomic mass is 10.2. The summed E-state index contributed by atoms with van der Waals surface area (Å²) in [6.45, 7) is 5.38. The SMILES string of the molecule is CCC(C)NC(=O)CCNC(=O)N[C@@H](C)C(=O)O. The van der Waals surface area contributed by atoms with E-state index in [-0.39, 0.29) is 24.9 Å². The average molecular weight is 259 g/mol. The molecule has 0 aromatic carbocycles.